The van der Waals surface area contributed by atoms with Crippen molar-refractivity contribution in [2.45, 2.75) is 20.4 Å². The molecule has 0 atom stereocenters. The fourth-order valence-electron chi connectivity index (χ4n) is 3.13. The van der Waals surface area contributed by atoms with E-state index in [4.69, 9.17) is 4.98 Å². The Labute approximate surface area is 146 Å². The van der Waals surface area contributed by atoms with E-state index in [1.165, 1.54) is 28.8 Å². The Morgan fingerprint density at radius 3 is 2.28 bits per heavy atom. The molecular weight excluding hydrogens is 311 g/mol. The second-order valence-corrected chi connectivity index (χ2v) is 6.44. The standard InChI is InChI=1S/C22H19FN2/c1-15-12-20-21(13-16(15)2)25(14-17-6-4-3-5-7-17)22(24-20)18-8-10-19(23)11-9-18/h3-13H,14H2,1-2H3. The van der Waals surface area contributed by atoms with E-state index >= 15 is 0 Å². The van der Waals surface area contributed by atoms with Gasteiger partial charge in [0.05, 0.1) is 11.0 Å². The summed E-state index contributed by atoms with van der Waals surface area (Å²) in [4.78, 5) is 4.85. The lowest BCUT2D eigenvalue weighted by molar-refractivity contribution is 0.628. The topological polar surface area (TPSA) is 17.8 Å². The predicted octanol–water partition coefficient (Wildman–Crippen LogP) is 5.51. The molecule has 0 N–H and O–H groups in total. The van der Waals surface area contributed by atoms with Crippen molar-refractivity contribution in [2.24, 2.45) is 0 Å². The Morgan fingerprint density at radius 2 is 1.56 bits per heavy atom. The molecule has 0 spiro atoms. The highest BCUT2D eigenvalue weighted by Gasteiger charge is 2.14. The van der Waals surface area contributed by atoms with E-state index in [9.17, 15) is 4.39 Å². The van der Waals surface area contributed by atoms with Crippen LogP contribution in [0.1, 0.15) is 16.7 Å². The van der Waals surface area contributed by atoms with Crippen molar-refractivity contribution < 1.29 is 4.39 Å². The highest BCUT2D eigenvalue weighted by atomic mass is 19.1. The maximum absolute atomic E-state index is 13.3. The predicted molar refractivity (Wildman–Crippen MR) is 100 cm³/mol. The molecule has 0 amide bonds. The van der Waals surface area contributed by atoms with Crippen molar-refractivity contribution in [3.63, 3.8) is 0 Å². The van der Waals surface area contributed by atoms with Gasteiger partial charge in [-0.15, -0.1) is 0 Å². The third-order valence-electron chi connectivity index (χ3n) is 4.65. The van der Waals surface area contributed by atoms with Crippen LogP contribution in [0, 0.1) is 19.7 Å². The van der Waals surface area contributed by atoms with Crippen molar-refractivity contribution in [3.05, 3.63) is 89.2 Å². The Kier molecular flexibility index (Phi) is 3.85. The smallest absolute Gasteiger partial charge is 0.141 e. The SMILES string of the molecule is Cc1cc2nc(-c3ccc(F)cc3)n(Cc3ccccc3)c2cc1C. The number of halogens is 1. The molecule has 0 aliphatic heterocycles. The highest BCUT2D eigenvalue weighted by Crippen LogP contribution is 2.28. The summed E-state index contributed by atoms with van der Waals surface area (Å²) in [7, 11) is 0. The molecule has 3 aromatic carbocycles. The third kappa shape index (κ3) is 2.93. The maximum atomic E-state index is 13.3. The summed E-state index contributed by atoms with van der Waals surface area (Å²) >= 11 is 0. The first-order valence-electron chi connectivity index (χ1n) is 8.39. The fourth-order valence-corrected chi connectivity index (χ4v) is 3.13. The minimum atomic E-state index is -0.235. The number of benzene rings is 3. The summed E-state index contributed by atoms with van der Waals surface area (Å²) in [6.45, 7) is 4.95. The van der Waals surface area contributed by atoms with E-state index in [1.54, 1.807) is 12.1 Å². The molecule has 4 rings (SSSR count). The monoisotopic (exact) mass is 330 g/mol. The van der Waals surface area contributed by atoms with Gasteiger partial charge in [-0.1, -0.05) is 30.3 Å². The molecule has 0 fully saturated rings. The molecule has 0 aliphatic carbocycles. The molecule has 0 unspecified atom stereocenters. The Hall–Kier alpha value is -2.94. The zero-order valence-electron chi connectivity index (χ0n) is 14.3. The number of aryl methyl sites for hydroxylation is 2. The van der Waals surface area contributed by atoms with Crippen LogP contribution in [0.25, 0.3) is 22.4 Å². The van der Waals surface area contributed by atoms with Crippen LogP contribution in [0.2, 0.25) is 0 Å². The van der Waals surface area contributed by atoms with E-state index in [-0.39, 0.29) is 5.82 Å². The van der Waals surface area contributed by atoms with E-state index in [2.05, 4.69) is 42.7 Å². The zero-order valence-corrected chi connectivity index (χ0v) is 14.3. The van der Waals surface area contributed by atoms with E-state index in [0.717, 1.165) is 29.0 Å². The largest absolute Gasteiger partial charge is 0.319 e. The minimum absolute atomic E-state index is 0.235. The number of fused-ring (bicyclic) bond motifs is 1. The van der Waals surface area contributed by atoms with Crippen molar-refractivity contribution >= 4 is 11.0 Å². The van der Waals surface area contributed by atoms with Crippen LogP contribution in [-0.2, 0) is 6.54 Å². The Balaban J connectivity index is 1.94. The van der Waals surface area contributed by atoms with Crippen LogP contribution >= 0.6 is 0 Å². The van der Waals surface area contributed by atoms with Crippen molar-refractivity contribution in [3.8, 4) is 11.4 Å². The Bertz CT molecular complexity index is 1030. The molecule has 0 radical (unpaired) electrons. The third-order valence-corrected chi connectivity index (χ3v) is 4.65. The maximum Gasteiger partial charge on any atom is 0.141 e. The van der Waals surface area contributed by atoms with Crippen LogP contribution in [0.3, 0.4) is 0 Å². The van der Waals surface area contributed by atoms with Crippen molar-refractivity contribution in [1.82, 2.24) is 9.55 Å². The van der Waals surface area contributed by atoms with Gasteiger partial charge < -0.3 is 4.57 Å². The van der Waals surface area contributed by atoms with Gasteiger partial charge in [-0.3, -0.25) is 0 Å². The van der Waals surface area contributed by atoms with Gasteiger partial charge in [0, 0.05) is 12.1 Å². The first-order valence-corrected chi connectivity index (χ1v) is 8.39. The van der Waals surface area contributed by atoms with Gasteiger partial charge in [0.15, 0.2) is 0 Å². The second-order valence-electron chi connectivity index (χ2n) is 6.44. The van der Waals surface area contributed by atoms with Crippen LogP contribution in [0.15, 0.2) is 66.7 Å². The molecule has 1 aromatic heterocycles. The number of hydrogen-bond donors (Lipinski definition) is 0. The number of hydrogen-bond acceptors (Lipinski definition) is 1. The lowest BCUT2D eigenvalue weighted by atomic mass is 10.1. The summed E-state index contributed by atoms with van der Waals surface area (Å²) in [5.41, 5.74) is 6.67. The number of imidazole rings is 1. The molecule has 25 heavy (non-hydrogen) atoms. The lowest BCUT2D eigenvalue weighted by Gasteiger charge is -2.10. The average molecular weight is 330 g/mol. The first kappa shape index (κ1) is 15.6. The highest BCUT2D eigenvalue weighted by molar-refractivity contribution is 5.82. The second kappa shape index (κ2) is 6.17. The number of nitrogens with zero attached hydrogens (tertiary/aromatic N) is 2. The van der Waals surface area contributed by atoms with E-state index in [1.807, 2.05) is 18.2 Å². The van der Waals surface area contributed by atoms with Gasteiger partial charge in [0.2, 0.25) is 0 Å². The average Bonchev–Trinajstić information content (AvgIpc) is 2.94. The minimum Gasteiger partial charge on any atom is -0.319 e. The van der Waals surface area contributed by atoms with Gasteiger partial charge in [-0.25, -0.2) is 9.37 Å². The first-order chi connectivity index (χ1) is 12.1. The van der Waals surface area contributed by atoms with Gasteiger partial charge >= 0.3 is 0 Å². The lowest BCUT2D eigenvalue weighted by Crippen LogP contribution is -2.02. The summed E-state index contributed by atoms with van der Waals surface area (Å²) in [5.74, 6) is 0.630. The summed E-state index contributed by atoms with van der Waals surface area (Å²) in [6, 6.07) is 21.2. The molecule has 0 bridgehead atoms. The fraction of sp³-hybridized carbons (Fsp3) is 0.136. The van der Waals surface area contributed by atoms with Gasteiger partial charge in [-0.2, -0.15) is 0 Å². The van der Waals surface area contributed by atoms with Crippen LogP contribution in [-0.4, -0.2) is 9.55 Å². The van der Waals surface area contributed by atoms with Crippen LogP contribution in [0.5, 0.6) is 0 Å². The van der Waals surface area contributed by atoms with E-state index < -0.39 is 0 Å². The quantitative estimate of drug-likeness (QED) is 0.484. The number of rotatable bonds is 3. The molecule has 0 saturated carbocycles. The Morgan fingerprint density at radius 1 is 0.880 bits per heavy atom. The van der Waals surface area contributed by atoms with Crippen molar-refractivity contribution in [2.75, 3.05) is 0 Å². The molecule has 0 saturated heterocycles. The van der Waals surface area contributed by atoms with Gasteiger partial charge in [0.1, 0.15) is 11.6 Å². The van der Waals surface area contributed by atoms with Crippen molar-refractivity contribution in [1.29, 1.82) is 0 Å². The normalized spacial score (nSPS) is 11.2. The molecule has 0 aliphatic rings. The van der Waals surface area contributed by atoms with Crippen LogP contribution < -0.4 is 0 Å². The summed E-state index contributed by atoms with van der Waals surface area (Å²) < 4.78 is 15.5. The van der Waals surface area contributed by atoms with Gasteiger partial charge in [-0.05, 0) is 66.9 Å². The summed E-state index contributed by atoms with van der Waals surface area (Å²) in [6.07, 6.45) is 0. The molecule has 1 heterocycles. The molecule has 3 heteroatoms. The molecule has 4 aromatic rings. The summed E-state index contributed by atoms with van der Waals surface area (Å²) in [5, 5.41) is 0. The van der Waals surface area contributed by atoms with E-state index in [0.29, 0.717) is 0 Å². The molecular formula is C22H19FN2. The van der Waals surface area contributed by atoms with Crippen LogP contribution in [0.4, 0.5) is 4.39 Å². The zero-order chi connectivity index (χ0) is 17.4. The molecule has 124 valence electrons. The van der Waals surface area contributed by atoms with Gasteiger partial charge in [0.25, 0.3) is 0 Å². The number of aromatic nitrogens is 2. The molecule has 2 nitrogen and oxygen atoms in total.